The molecule has 1 saturated carbocycles. The molecule has 1 aliphatic carbocycles. The zero-order valence-electron chi connectivity index (χ0n) is 13.0. The molecule has 0 radical (unpaired) electrons. The molecule has 0 bridgehead atoms. The number of hydrogen-bond acceptors (Lipinski definition) is 2. The van der Waals surface area contributed by atoms with Crippen molar-refractivity contribution in [1.29, 1.82) is 0 Å². The van der Waals surface area contributed by atoms with Gasteiger partial charge in [-0.25, -0.2) is 0 Å². The van der Waals surface area contributed by atoms with Gasteiger partial charge in [-0.15, -0.1) is 0 Å². The van der Waals surface area contributed by atoms with Crippen LogP contribution in [-0.4, -0.2) is 13.3 Å². The van der Waals surface area contributed by atoms with Gasteiger partial charge in [0.05, 0.1) is 12.8 Å². The van der Waals surface area contributed by atoms with Gasteiger partial charge >= 0.3 is 0 Å². The zero-order valence-corrected chi connectivity index (χ0v) is 13.0. The number of methoxy groups -OCH3 is 1. The van der Waals surface area contributed by atoms with Crippen LogP contribution in [0.2, 0.25) is 0 Å². The number of hydrogen-bond donors (Lipinski definition) is 0. The molecule has 2 atom stereocenters. The third-order valence-corrected chi connectivity index (χ3v) is 5.31. The Bertz CT molecular complexity index is 704. The highest BCUT2D eigenvalue weighted by atomic mass is 16.5. The Kier molecular flexibility index (Phi) is 3.25. The van der Waals surface area contributed by atoms with Gasteiger partial charge in [-0.2, -0.15) is 0 Å². The summed E-state index contributed by atoms with van der Waals surface area (Å²) in [6.45, 7) is 0. The molecular formula is C20H21NO. The summed E-state index contributed by atoms with van der Waals surface area (Å²) in [5.41, 5.74) is 4.06. The van der Waals surface area contributed by atoms with E-state index in [2.05, 4.69) is 54.7 Å². The van der Waals surface area contributed by atoms with Crippen LogP contribution in [0.4, 0.5) is 5.69 Å². The molecule has 0 amide bonds. The monoisotopic (exact) mass is 291 g/mol. The number of rotatable bonds is 2. The van der Waals surface area contributed by atoms with E-state index < -0.39 is 0 Å². The Labute approximate surface area is 131 Å². The number of nitrogens with zero attached hydrogens (tertiary/aromatic N) is 1. The van der Waals surface area contributed by atoms with E-state index in [0.29, 0.717) is 5.92 Å². The first-order chi connectivity index (χ1) is 10.8. The summed E-state index contributed by atoms with van der Waals surface area (Å²) >= 11 is 0. The van der Waals surface area contributed by atoms with Gasteiger partial charge < -0.3 is 4.74 Å². The lowest BCUT2D eigenvalue weighted by atomic mass is 9.61. The van der Waals surface area contributed by atoms with E-state index in [1.54, 1.807) is 7.11 Å². The Balaban J connectivity index is 1.79. The van der Waals surface area contributed by atoms with E-state index in [9.17, 15) is 0 Å². The van der Waals surface area contributed by atoms with Crippen LogP contribution < -0.4 is 4.74 Å². The van der Waals surface area contributed by atoms with Crippen molar-refractivity contribution < 1.29 is 4.74 Å². The van der Waals surface area contributed by atoms with Crippen LogP contribution in [0.15, 0.2) is 53.5 Å². The summed E-state index contributed by atoms with van der Waals surface area (Å²) in [6.07, 6.45) is 7.24. The molecule has 2 heteroatoms. The smallest absolute Gasteiger partial charge is 0.118 e. The molecule has 0 saturated heterocycles. The molecule has 22 heavy (non-hydrogen) atoms. The van der Waals surface area contributed by atoms with Gasteiger partial charge in [-0.1, -0.05) is 43.2 Å². The molecular weight excluding hydrogens is 270 g/mol. The maximum atomic E-state index is 5.30. The highest BCUT2D eigenvalue weighted by Gasteiger charge is 2.45. The average Bonchev–Trinajstić information content (AvgIpc) is 2.95. The van der Waals surface area contributed by atoms with Gasteiger partial charge in [0.1, 0.15) is 5.75 Å². The summed E-state index contributed by atoms with van der Waals surface area (Å²) in [5, 5.41) is 0. The second-order valence-electron chi connectivity index (χ2n) is 6.39. The Hall–Kier alpha value is -2.09. The SMILES string of the molecule is COc1ccc(C2CCCCC23C=Nc2ccccc23)cc1. The van der Waals surface area contributed by atoms with E-state index in [1.165, 1.54) is 36.8 Å². The maximum absolute atomic E-state index is 5.30. The van der Waals surface area contributed by atoms with Crippen LogP contribution in [0.1, 0.15) is 42.7 Å². The van der Waals surface area contributed by atoms with Crippen LogP contribution in [-0.2, 0) is 5.41 Å². The van der Waals surface area contributed by atoms with Crippen LogP contribution >= 0.6 is 0 Å². The first-order valence-corrected chi connectivity index (χ1v) is 8.12. The van der Waals surface area contributed by atoms with E-state index >= 15 is 0 Å². The maximum Gasteiger partial charge on any atom is 0.118 e. The van der Waals surface area contributed by atoms with Crippen LogP contribution in [0, 0.1) is 0 Å². The second-order valence-corrected chi connectivity index (χ2v) is 6.39. The lowest BCUT2D eigenvalue weighted by molar-refractivity contribution is 0.336. The summed E-state index contributed by atoms with van der Waals surface area (Å²) in [5.74, 6) is 1.44. The topological polar surface area (TPSA) is 21.6 Å². The highest BCUT2D eigenvalue weighted by Crippen LogP contribution is 2.53. The quantitative estimate of drug-likeness (QED) is 0.762. The molecule has 2 nitrogen and oxygen atoms in total. The summed E-state index contributed by atoms with van der Waals surface area (Å²) in [6, 6.07) is 17.3. The molecule has 112 valence electrons. The molecule has 2 aromatic carbocycles. The van der Waals surface area contributed by atoms with Crippen molar-refractivity contribution >= 4 is 11.9 Å². The minimum Gasteiger partial charge on any atom is -0.497 e. The summed E-state index contributed by atoms with van der Waals surface area (Å²) in [4.78, 5) is 4.74. The molecule has 2 unspecified atom stereocenters. The first kappa shape index (κ1) is 13.6. The number of fused-ring (bicyclic) bond motifs is 2. The van der Waals surface area contributed by atoms with Crippen molar-refractivity contribution in [3.05, 3.63) is 59.7 Å². The zero-order chi connectivity index (χ0) is 15.0. The van der Waals surface area contributed by atoms with Gasteiger partial charge in [-0.3, -0.25) is 4.99 Å². The molecule has 1 aliphatic heterocycles. The van der Waals surface area contributed by atoms with Gasteiger partial charge in [0, 0.05) is 11.6 Å². The highest BCUT2D eigenvalue weighted by molar-refractivity contribution is 5.86. The Morgan fingerprint density at radius 3 is 2.68 bits per heavy atom. The number of ether oxygens (including phenoxy) is 1. The second kappa shape index (κ2) is 5.28. The van der Waals surface area contributed by atoms with Crippen LogP contribution in [0.25, 0.3) is 0 Å². The van der Waals surface area contributed by atoms with Gasteiger partial charge in [-0.05, 0) is 48.1 Å². The lowest BCUT2D eigenvalue weighted by Crippen LogP contribution is -2.36. The number of para-hydroxylation sites is 1. The van der Waals surface area contributed by atoms with Crippen molar-refractivity contribution in [3.8, 4) is 5.75 Å². The lowest BCUT2D eigenvalue weighted by Gasteiger charge is -2.40. The fourth-order valence-corrected chi connectivity index (χ4v) is 4.21. The minimum absolute atomic E-state index is 0.0867. The number of aliphatic imine (C=N–C) groups is 1. The van der Waals surface area contributed by atoms with Crippen molar-refractivity contribution in [2.75, 3.05) is 7.11 Å². The molecule has 2 aromatic rings. The summed E-state index contributed by atoms with van der Waals surface area (Å²) in [7, 11) is 1.72. The standard InChI is InChI=1S/C20H21NO/c1-22-16-11-9-15(10-12-16)17-6-4-5-13-20(17)14-21-19-8-3-2-7-18(19)20/h2-3,7-12,14,17H,4-6,13H2,1H3. The van der Waals surface area contributed by atoms with Crippen LogP contribution in [0.5, 0.6) is 5.75 Å². The van der Waals surface area contributed by atoms with E-state index in [4.69, 9.17) is 9.73 Å². The molecule has 4 rings (SSSR count). The molecule has 1 fully saturated rings. The van der Waals surface area contributed by atoms with Crippen molar-refractivity contribution in [2.45, 2.75) is 37.0 Å². The van der Waals surface area contributed by atoms with Crippen molar-refractivity contribution in [2.24, 2.45) is 4.99 Å². The average molecular weight is 291 g/mol. The van der Waals surface area contributed by atoms with Gasteiger partial charge in [0.15, 0.2) is 0 Å². The number of benzene rings is 2. The van der Waals surface area contributed by atoms with Crippen molar-refractivity contribution in [3.63, 3.8) is 0 Å². The third kappa shape index (κ3) is 1.98. The van der Waals surface area contributed by atoms with E-state index in [-0.39, 0.29) is 5.41 Å². The normalized spacial score (nSPS) is 26.1. The summed E-state index contributed by atoms with van der Waals surface area (Å²) < 4.78 is 5.30. The van der Waals surface area contributed by atoms with Crippen molar-refractivity contribution in [1.82, 2.24) is 0 Å². The van der Waals surface area contributed by atoms with E-state index in [0.717, 1.165) is 11.4 Å². The predicted molar refractivity (Wildman–Crippen MR) is 90.5 cm³/mol. The molecule has 1 spiro atoms. The fourth-order valence-electron chi connectivity index (χ4n) is 4.21. The Morgan fingerprint density at radius 2 is 1.86 bits per heavy atom. The molecule has 0 N–H and O–H groups in total. The fraction of sp³-hybridized carbons (Fsp3) is 0.350. The molecule has 2 aliphatic rings. The van der Waals surface area contributed by atoms with Gasteiger partial charge in [0.25, 0.3) is 0 Å². The van der Waals surface area contributed by atoms with Gasteiger partial charge in [0.2, 0.25) is 0 Å². The predicted octanol–water partition coefficient (Wildman–Crippen LogP) is 5.01. The molecule has 1 heterocycles. The largest absolute Gasteiger partial charge is 0.497 e. The van der Waals surface area contributed by atoms with E-state index in [1.807, 2.05) is 0 Å². The first-order valence-electron chi connectivity index (χ1n) is 8.12. The van der Waals surface area contributed by atoms with Crippen LogP contribution in [0.3, 0.4) is 0 Å². The molecule has 0 aromatic heterocycles. The third-order valence-electron chi connectivity index (χ3n) is 5.31. The minimum atomic E-state index is 0.0867. The Morgan fingerprint density at radius 1 is 1.05 bits per heavy atom.